The van der Waals surface area contributed by atoms with Gasteiger partial charge >= 0.3 is 0 Å². The van der Waals surface area contributed by atoms with Gasteiger partial charge in [0.15, 0.2) is 11.6 Å². The number of halogens is 2. The molecule has 0 bridgehead atoms. The zero-order valence-corrected chi connectivity index (χ0v) is 11.7. The normalized spacial score (nSPS) is 12.7. The van der Waals surface area contributed by atoms with Crippen LogP contribution in [0.1, 0.15) is 23.9 Å². The lowest BCUT2D eigenvalue weighted by molar-refractivity contribution is 0.490. The molecule has 2 rings (SSSR count). The van der Waals surface area contributed by atoms with Crippen LogP contribution in [0.25, 0.3) is 0 Å². The lowest BCUT2D eigenvalue weighted by Gasteiger charge is -2.13. The molecule has 2 N–H and O–H groups in total. The Labute approximate surface area is 117 Å². The molecule has 20 heavy (non-hydrogen) atoms. The van der Waals surface area contributed by atoms with E-state index in [0.29, 0.717) is 18.4 Å². The first-order chi connectivity index (χ1) is 9.51. The van der Waals surface area contributed by atoms with Gasteiger partial charge in [0.05, 0.1) is 5.69 Å². The molecule has 0 saturated heterocycles. The van der Waals surface area contributed by atoms with Crippen molar-refractivity contribution < 1.29 is 8.78 Å². The molecule has 1 heterocycles. The second kappa shape index (κ2) is 6.13. The molecule has 0 amide bonds. The molecule has 0 aliphatic rings. The number of hydrogen-bond donors (Lipinski definition) is 1. The van der Waals surface area contributed by atoms with Crippen LogP contribution in [-0.4, -0.2) is 15.8 Å². The molecule has 5 heteroatoms. The highest BCUT2D eigenvalue weighted by Crippen LogP contribution is 2.15. The summed E-state index contributed by atoms with van der Waals surface area (Å²) >= 11 is 0. The average molecular weight is 279 g/mol. The van der Waals surface area contributed by atoms with Crippen molar-refractivity contribution in [2.24, 2.45) is 5.73 Å². The number of aryl methyl sites for hydroxylation is 2. The third-order valence-electron chi connectivity index (χ3n) is 3.27. The van der Waals surface area contributed by atoms with E-state index >= 15 is 0 Å². The Balaban J connectivity index is 2.09. The second-order valence-corrected chi connectivity index (χ2v) is 4.97. The molecule has 1 atom stereocenters. The smallest absolute Gasteiger partial charge is 0.162 e. The van der Waals surface area contributed by atoms with Crippen molar-refractivity contribution in [3.63, 3.8) is 0 Å². The van der Waals surface area contributed by atoms with Gasteiger partial charge in [-0.1, -0.05) is 12.1 Å². The van der Waals surface area contributed by atoms with Crippen molar-refractivity contribution in [1.29, 1.82) is 0 Å². The second-order valence-electron chi connectivity index (χ2n) is 4.97. The Bertz CT molecular complexity index is 593. The first-order valence-electron chi connectivity index (χ1n) is 6.73. The molecular formula is C15H19F2N3. The van der Waals surface area contributed by atoms with E-state index < -0.39 is 11.6 Å². The monoisotopic (exact) mass is 279 g/mol. The Morgan fingerprint density at radius 2 is 2.05 bits per heavy atom. The van der Waals surface area contributed by atoms with Crippen LogP contribution in [0.15, 0.2) is 24.3 Å². The summed E-state index contributed by atoms with van der Waals surface area (Å²) in [7, 11) is 0. The topological polar surface area (TPSA) is 43.8 Å². The summed E-state index contributed by atoms with van der Waals surface area (Å²) in [6.45, 7) is 4.70. The Morgan fingerprint density at radius 1 is 1.30 bits per heavy atom. The summed E-state index contributed by atoms with van der Waals surface area (Å²) in [5.41, 5.74) is 8.33. The summed E-state index contributed by atoms with van der Waals surface area (Å²) in [4.78, 5) is 0. The SMILES string of the molecule is CCn1nc(C)cc1CC(N)Cc1cccc(F)c1F. The maximum atomic E-state index is 13.6. The third kappa shape index (κ3) is 3.22. The van der Waals surface area contributed by atoms with Crippen molar-refractivity contribution in [2.45, 2.75) is 39.3 Å². The molecule has 0 aliphatic heterocycles. The highest BCUT2D eigenvalue weighted by molar-refractivity contribution is 5.21. The van der Waals surface area contributed by atoms with E-state index in [1.165, 1.54) is 6.07 Å². The number of nitrogens with two attached hydrogens (primary N) is 1. The van der Waals surface area contributed by atoms with Gasteiger partial charge in [-0.25, -0.2) is 8.78 Å². The molecule has 1 aromatic heterocycles. The largest absolute Gasteiger partial charge is 0.327 e. The van der Waals surface area contributed by atoms with Crippen molar-refractivity contribution in [3.05, 3.63) is 52.9 Å². The molecule has 3 nitrogen and oxygen atoms in total. The van der Waals surface area contributed by atoms with Gasteiger partial charge in [0.1, 0.15) is 0 Å². The van der Waals surface area contributed by atoms with E-state index in [9.17, 15) is 8.78 Å². The lowest BCUT2D eigenvalue weighted by Crippen LogP contribution is -2.27. The van der Waals surface area contributed by atoms with Crippen molar-refractivity contribution >= 4 is 0 Å². The van der Waals surface area contributed by atoms with Gasteiger partial charge in [0.2, 0.25) is 0 Å². The van der Waals surface area contributed by atoms with Crippen LogP contribution < -0.4 is 5.73 Å². The number of rotatable bonds is 5. The third-order valence-corrected chi connectivity index (χ3v) is 3.27. The number of hydrogen-bond acceptors (Lipinski definition) is 2. The van der Waals surface area contributed by atoms with E-state index in [-0.39, 0.29) is 6.04 Å². The highest BCUT2D eigenvalue weighted by atomic mass is 19.2. The van der Waals surface area contributed by atoms with Crippen molar-refractivity contribution in [1.82, 2.24) is 9.78 Å². The molecule has 1 unspecified atom stereocenters. The molecule has 1 aromatic carbocycles. The zero-order valence-electron chi connectivity index (χ0n) is 11.7. The minimum Gasteiger partial charge on any atom is -0.327 e. The van der Waals surface area contributed by atoms with Crippen LogP contribution in [0, 0.1) is 18.6 Å². The zero-order chi connectivity index (χ0) is 14.7. The summed E-state index contributed by atoms with van der Waals surface area (Å²) in [5.74, 6) is -1.63. The maximum absolute atomic E-state index is 13.6. The molecule has 108 valence electrons. The van der Waals surface area contributed by atoms with E-state index in [1.807, 2.05) is 24.6 Å². The first-order valence-corrected chi connectivity index (χ1v) is 6.73. The molecule has 2 aromatic rings. The van der Waals surface area contributed by atoms with Crippen LogP contribution in [0.4, 0.5) is 8.78 Å². The van der Waals surface area contributed by atoms with Gasteiger partial charge in [0.25, 0.3) is 0 Å². The summed E-state index contributed by atoms with van der Waals surface area (Å²) in [6.07, 6.45) is 0.891. The van der Waals surface area contributed by atoms with Crippen molar-refractivity contribution in [2.75, 3.05) is 0 Å². The van der Waals surface area contributed by atoms with Crippen LogP contribution in [-0.2, 0) is 19.4 Å². The number of benzene rings is 1. The number of aromatic nitrogens is 2. The van der Waals surface area contributed by atoms with Gasteiger partial charge in [-0.15, -0.1) is 0 Å². The molecule has 0 aliphatic carbocycles. The number of nitrogens with zero attached hydrogens (tertiary/aromatic N) is 2. The first kappa shape index (κ1) is 14.7. The Morgan fingerprint density at radius 3 is 2.75 bits per heavy atom. The molecule has 0 saturated carbocycles. The molecule has 0 fully saturated rings. The average Bonchev–Trinajstić information content (AvgIpc) is 2.75. The predicted octanol–water partition coefficient (Wildman–Crippen LogP) is 2.60. The molecule has 0 radical (unpaired) electrons. The quantitative estimate of drug-likeness (QED) is 0.914. The van der Waals surface area contributed by atoms with E-state index in [0.717, 1.165) is 24.0 Å². The van der Waals surface area contributed by atoms with Gasteiger partial charge < -0.3 is 5.73 Å². The summed E-state index contributed by atoms with van der Waals surface area (Å²) in [5, 5.41) is 4.35. The predicted molar refractivity (Wildman–Crippen MR) is 74.4 cm³/mol. The minimum atomic E-state index is -0.829. The lowest BCUT2D eigenvalue weighted by atomic mass is 10.0. The van der Waals surface area contributed by atoms with Crippen LogP contribution in [0.5, 0.6) is 0 Å². The fraction of sp³-hybridized carbons (Fsp3) is 0.400. The Kier molecular flexibility index (Phi) is 4.49. The maximum Gasteiger partial charge on any atom is 0.162 e. The van der Waals surface area contributed by atoms with E-state index in [1.54, 1.807) is 6.07 Å². The van der Waals surface area contributed by atoms with Gasteiger partial charge in [-0.2, -0.15) is 5.10 Å². The minimum absolute atomic E-state index is 0.271. The van der Waals surface area contributed by atoms with E-state index in [2.05, 4.69) is 5.10 Å². The highest BCUT2D eigenvalue weighted by Gasteiger charge is 2.14. The van der Waals surface area contributed by atoms with Crippen LogP contribution >= 0.6 is 0 Å². The van der Waals surface area contributed by atoms with Crippen LogP contribution in [0.3, 0.4) is 0 Å². The molecule has 0 spiro atoms. The van der Waals surface area contributed by atoms with E-state index in [4.69, 9.17) is 5.73 Å². The van der Waals surface area contributed by atoms with Gasteiger partial charge in [-0.3, -0.25) is 4.68 Å². The van der Waals surface area contributed by atoms with Gasteiger partial charge in [-0.05, 0) is 38.0 Å². The molecular weight excluding hydrogens is 260 g/mol. The van der Waals surface area contributed by atoms with Crippen molar-refractivity contribution in [3.8, 4) is 0 Å². The fourth-order valence-corrected chi connectivity index (χ4v) is 2.37. The van der Waals surface area contributed by atoms with Crippen LogP contribution in [0.2, 0.25) is 0 Å². The Hall–Kier alpha value is -1.75. The fourth-order valence-electron chi connectivity index (χ4n) is 2.37. The standard InChI is InChI=1S/C15H19F2N3/c1-3-20-13(7-10(2)19-20)9-12(18)8-11-5-4-6-14(16)15(11)17/h4-7,12H,3,8-9,18H2,1-2H3. The summed E-state index contributed by atoms with van der Waals surface area (Å²) < 4.78 is 28.6. The summed E-state index contributed by atoms with van der Waals surface area (Å²) in [6, 6.07) is 5.89. The van der Waals surface area contributed by atoms with Gasteiger partial charge in [0, 0.05) is 24.7 Å².